The molecule has 0 bridgehead atoms. The second kappa shape index (κ2) is 7.98. The summed E-state index contributed by atoms with van der Waals surface area (Å²) in [6.07, 6.45) is -2.53. The number of carbonyl (C=O) groups excluding carboxylic acids is 1. The third kappa shape index (κ3) is 4.79. The van der Waals surface area contributed by atoms with Crippen molar-refractivity contribution in [2.75, 3.05) is 10.6 Å². The average Bonchev–Trinajstić information content (AvgIpc) is 2.98. The van der Waals surface area contributed by atoms with Crippen LogP contribution in [0.1, 0.15) is 26.3 Å². The van der Waals surface area contributed by atoms with E-state index in [0.717, 1.165) is 17.6 Å². The third-order valence-electron chi connectivity index (χ3n) is 5.77. The fourth-order valence-electron chi connectivity index (χ4n) is 3.02. The predicted molar refractivity (Wildman–Crippen MR) is 124 cm³/mol. The van der Waals surface area contributed by atoms with Crippen molar-refractivity contribution >= 4 is 52.6 Å². The number of carbonyl (C=O) groups is 1. The second-order valence-corrected chi connectivity index (χ2v) is 14.8. The molecule has 0 spiro atoms. The van der Waals surface area contributed by atoms with Gasteiger partial charge < -0.3 is 14.9 Å². The van der Waals surface area contributed by atoms with Gasteiger partial charge in [0.05, 0.1) is 16.8 Å². The number of benzene rings is 1. The van der Waals surface area contributed by atoms with Crippen molar-refractivity contribution in [2.45, 2.75) is 45.1 Å². The molecule has 10 heteroatoms. The van der Waals surface area contributed by atoms with Gasteiger partial charge in [-0.15, -0.1) is 0 Å². The fraction of sp³-hybridized carbons (Fsp3) is 0.333. The molecule has 2 amide bonds. The van der Waals surface area contributed by atoms with Crippen LogP contribution in [0.15, 0.2) is 47.2 Å². The van der Waals surface area contributed by atoms with E-state index in [4.69, 9.17) is 0 Å². The molecular weight excluding hydrogens is 489 g/mol. The Labute approximate surface area is 188 Å². The number of amides is 2. The molecule has 31 heavy (non-hydrogen) atoms. The van der Waals surface area contributed by atoms with Gasteiger partial charge in [-0.2, -0.15) is 13.2 Å². The number of aromatic nitrogens is 2. The highest BCUT2D eigenvalue weighted by atomic mass is 79.9. The van der Waals surface area contributed by atoms with Gasteiger partial charge in [-0.05, 0) is 57.4 Å². The van der Waals surface area contributed by atoms with Crippen LogP contribution in [-0.2, 0) is 6.18 Å². The molecule has 0 unspecified atom stereocenters. The van der Waals surface area contributed by atoms with E-state index >= 15 is 0 Å². The highest BCUT2D eigenvalue weighted by Crippen LogP contribution is 2.40. The first-order chi connectivity index (χ1) is 14.2. The van der Waals surface area contributed by atoms with Crippen molar-refractivity contribution in [3.05, 3.63) is 52.8 Å². The topological polar surface area (TPSA) is 59.0 Å². The molecule has 2 heterocycles. The number of hydrogen-bond donors (Lipinski definition) is 2. The third-order valence-corrected chi connectivity index (χ3v) is 11.5. The van der Waals surface area contributed by atoms with E-state index in [1.165, 1.54) is 12.1 Å². The molecule has 3 rings (SSSR count). The number of urea groups is 1. The summed E-state index contributed by atoms with van der Waals surface area (Å²) in [4.78, 5) is 17.1. The Morgan fingerprint density at radius 2 is 1.65 bits per heavy atom. The van der Waals surface area contributed by atoms with E-state index in [-0.39, 0.29) is 10.7 Å². The maximum absolute atomic E-state index is 12.7. The molecule has 1 aromatic carbocycles. The Morgan fingerprint density at radius 1 is 1.03 bits per heavy atom. The summed E-state index contributed by atoms with van der Waals surface area (Å²) < 4.78 is 41.0. The summed E-state index contributed by atoms with van der Waals surface area (Å²) >= 11 is 3.38. The SMILES string of the molecule is CC(C)(C)[Si](C)(C)n1cc(NC(=O)Nc2ccc(C(F)(F)F)cc2)c2nc(Br)ccc21. The van der Waals surface area contributed by atoms with Gasteiger partial charge in [-0.1, -0.05) is 33.9 Å². The number of nitrogens with one attached hydrogen (secondary N) is 2. The molecular formula is C21H24BrF3N4OSi. The smallest absolute Gasteiger partial charge is 0.371 e. The Morgan fingerprint density at radius 3 is 2.19 bits per heavy atom. The Hall–Kier alpha value is -2.33. The number of pyridine rings is 1. The van der Waals surface area contributed by atoms with E-state index in [1.807, 2.05) is 18.3 Å². The van der Waals surface area contributed by atoms with Crippen molar-refractivity contribution < 1.29 is 18.0 Å². The van der Waals surface area contributed by atoms with Crippen LogP contribution in [0.2, 0.25) is 18.1 Å². The maximum atomic E-state index is 12.7. The molecule has 5 nitrogen and oxygen atoms in total. The zero-order chi connectivity index (χ0) is 23.2. The molecule has 0 saturated carbocycles. The number of hydrogen-bond acceptors (Lipinski definition) is 2. The molecule has 0 aliphatic heterocycles. The van der Waals surface area contributed by atoms with Crippen molar-refractivity contribution in [2.24, 2.45) is 0 Å². The quantitative estimate of drug-likeness (QED) is 0.285. The zero-order valence-electron chi connectivity index (χ0n) is 17.9. The minimum Gasteiger partial charge on any atom is -0.371 e. The van der Waals surface area contributed by atoms with Crippen molar-refractivity contribution in [1.29, 1.82) is 0 Å². The number of rotatable bonds is 3. The first-order valence-corrected chi connectivity index (χ1v) is 13.4. The standard InChI is InChI=1S/C21H24BrF3N4OSi/c1-20(2,3)31(4,5)29-12-15(18-16(29)10-11-17(22)28-18)27-19(30)26-14-8-6-13(7-9-14)21(23,24)25/h6-12H,1-5H3,(H2,26,27,30). The van der Waals surface area contributed by atoms with Gasteiger partial charge in [0.15, 0.2) is 8.24 Å². The molecule has 3 aromatic rings. The number of nitrogens with zero attached hydrogens (tertiary/aromatic N) is 2. The van der Waals surface area contributed by atoms with Gasteiger partial charge >= 0.3 is 12.2 Å². The van der Waals surface area contributed by atoms with Crippen LogP contribution < -0.4 is 10.6 Å². The van der Waals surface area contributed by atoms with Gasteiger partial charge in [-0.25, -0.2) is 9.78 Å². The first-order valence-electron chi connectivity index (χ1n) is 9.63. The predicted octanol–water partition coefficient (Wildman–Crippen LogP) is 7.31. The van der Waals surface area contributed by atoms with Gasteiger partial charge in [0, 0.05) is 11.9 Å². The van der Waals surface area contributed by atoms with Crippen LogP contribution in [0.5, 0.6) is 0 Å². The van der Waals surface area contributed by atoms with Crippen LogP contribution in [-0.4, -0.2) is 23.5 Å². The summed E-state index contributed by atoms with van der Waals surface area (Å²) in [6.45, 7) is 11.1. The summed E-state index contributed by atoms with van der Waals surface area (Å²) in [5, 5.41) is 5.41. The molecule has 2 N–H and O–H groups in total. The Kier molecular flexibility index (Phi) is 6.00. The van der Waals surface area contributed by atoms with Gasteiger partial charge in [-0.3, -0.25) is 0 Å². The molecule has 2 aromatic heterocycles. The normalized spacial score (nSPS) is 12.8. The molecule has 0 aliphatic rings. The van der Waals surface area contributed by atoms with Crippen LogP contribution in [0, 0.1) is 0 Å². The van der Waals surface area contributed by atoms with E-state index in [1.54, 1.807) is 0 Å². The minimum atomic E-state index is -4.43. The lowest BCUT2D eigenvalue weighted by atomic mass is 10.2. The Balaban J connectivity index is 1.91. The number of halogens is 4. The largest absolute Gasteiger partial charge is 0.416 e. The van der Waals surface area contributed by atoms with Gasteiger partial charge in [0.1, 0.15) is 10.1 Å². The number of fused-ring (bicyclic) bond motifs is 1. The molecule has 0 fully saturated rings. The fourth-order valence-corrected chi connectivity index (χ4v) is 5.29. The lowest BCUT2D eigenvalue weighted by Crippen LogP contribution is -2.44. The number of alkyl halides is 3. The van der Waals surface area contributed by atoms with Crippen molar-refractivity contribution in [1.82, 2.24) is 9.22 Å². The van der Waals surface area contributed by atoms with Gasteiger partial charge in [0.2, 0.25) is 0 Å². The van der Waals surface area contributed by atoms with Crippen LogP contribution >= 0.6 is 15.9 Å². The summed E-state index contributed by atoms with van der Waals surface area (Å²) in [7, 11) is -2.01. The van der Waals surface area contributed by atoms with Crippen LogP contribution in [0.25, 0.3) is 11.0 Å². The van der Waals surface area contributed by atoms with E-state index in [2.05, 4.69) is 69.6 Å². The minimum absolute atomic E-state index is 0.0474. The van der Waals surface area contributed by atoms with Crippen molar-refractivity contribution in [3.8, 4) is 0 Å². The van der Waals surface area contributed by atoms with E-state index in [9.17, 15) is 18.0 Å². The van der Waals surface area contributed by atoms with Crippen LogP contribution in [0.4, 0.5) is 29.3 Å². The lowest BCUT2D eigenvalue weighted by Gasteiger charge is -2.38. The van der Waals surface area contributed by atoms with Crippen molar-refractivity contribution in [3.63, 3.8) is 0 Å². The molecule has 0 aliphatic carbocycles. The monoisotopic (exact) mass is 512 g/mol. The first kappa shape index (κ1) is 23.3. The lowest BCUT2D eigenvalue weighted by molar-refractivity contribution is -0.137. The molecule has 0 atom stereocenters. The van der Waals surface area contributed by atoms with E-state index in [0.29, 0.717) is 15.8 Å². The second-order valence-electron chi connectivity index (χ2n) is 8.88. The maximum Gasteiger partial charge on any atom is 0.416 e. The summed E-state index contributed by atoms with van der Waals surface area (Å²) in [5.74, 6) is 0. The highest BCUT2D eigenvalue weighted by Gasteiger charge is 2.39. The van der Waals surface area contributed by atoms with Crippen LogP contribution in [0.3, 0.4) is 0 Å². The molecule has 0 radical (unpaired) electrons. The highest BCUT2D eigenvalue weighted by molar-refractivity contribution is 9.10. The molecule has 166 valence electrons. The van der Waals surface area contributed by atoms with E-state index < -0.39 is 26.0 Å². The number of anilines is 2. The average molecular weight is 513 g/mol. The molecule has 0 saturated heterocycles. The summed E-state index contributed by atoms with van der Waals surface area (Å²) in [6, 6.07) is 7.56. The zero-order valence-corrected chi connectivity index (χ0v) is 20.4. The Bertz CT molecular complexity index is 1120. The summed E-state index contributed by atoms with van der Waals surface area (Å²) in [5.41, 5.74) is 1.57. The van der Waals surface area contributed by atoms with Gasteiger partial charge in [0.25, 0.3) is 0 Å².